The van der Waals surface area contributed by atoms with E-state index in [0.29, 0.717) is 29.2 Å². The number of nitrogens with zero attached hydrogens (tertiary/aromatic N) is 1. The molecule has 0 aromatic heterocycles. The lowest BCUT2D eigenvalue weighted by atomic mass is 10.2. The minimum atomic E-state index is -0.255. The van der Waals surface area contributed by atoms with Gasteiger partial charge in [-0.3, -0.25) is 9.59 Å². The Morgan fingerprint density at radius 1 is 0.963 bits per heavy atom. The first-order valence-electron chi connectivity index (χ1n) is 9.15. The van der Waals surface area contributed by atoms with Gasteiger partial charge in [-0.25, -0.2) is 0 Å². The summed E-state index contributed by atoms with van der Waals surface area (Å²) in [7, 11) is 2.05. The molecule has 2 amide bonds. The summed E-state index contributed by atoms with van der Waals surface area (Å²) >= 11 is 5.99. The molecule has 0 aliphatic carbocycles. The molecule has 5 nitrogen and oxygen atoms in total. The fourth-order valence-corrected chi connectivity index (χ4v) is 2.81. The van der Waals surface area contributed by atoms with E-state index in [-0.39, 0.29) is 11.8 Å². The maximum atomic E-state index is 12.2. The molecular weight excluding hydrogens is 362 g/mol. The Hall–Kier alpha value is -2.53. The highest BCUT2D eigenvalue weighted by atomic mass is 35.5. The van der Waals surface area contributed by atoms with Crippen molar-refractivity contribution in [2.24, 2.45) is 0 Å². The molecule has 0 unspecified atom stereocenters. The lowest BCUT2D eigenvalue weighted by Gasteiger charge is -2.19. The predicted molar refractivity (Wildman–Crippen MR) is 111 cm³/mol. The fraction of sp³-hybridized carbons (Fsp3) is 0.333. The number of nitrogens with one attached hydrogen (secondary N) is 2. The first-order valence-corrected chi connectivity index (χ1v) is 9.53. The summed E-state index contributed by atoms with van der Waals surface area (Å²) in [6, 6.07) is 14.4. The number of rotatable bonds is 9. The maximum Gasteiger partial charge on any atom is 0.252 e. The number of carbonyl (C=O) groups is 2. The van der Waals surface area contributed by atoms with E-state index in [9.17, 15) is 9.59 Å². The van der Waals surface area contributed by atoms with E-state index < -0.39 is 0 Å². The molecule has 0 saturated carbocycles. The smallest absolute Gasteiger partial charge is 0.252 e. The Morgan fingerprint density at radius 2 is 1.59 bits per heavy atom. The SMILES string of the molecule is CCCCN(C)c1ccc(C(=O)NCCNC(=O)c2ccccc2Cl)cc1. The van der Waals surface area contributed by atoms with E-state index in [0.717, 1.165) is 25.1 Å². The third-order valence-electron chi connectivity index (χ3n) is 4.23. The second-order valence-electron chi connectivity index (χ2n) is 6.31. The molecule has 144 valence electrons. The van der Waals surface area contributed by atoms with Crippen LogP contribution in [0.5, 0.6) is 0 Å². The van der Waals surface area contributed by atoms with Gasteiger partial charge >= 0.3 is 0 Å². The van der Waals surface area contributed by atoms with Crippen molar-refractivity contribution in [3.63, 3.8) is 0 Å². The second kappa shape index (κ2) is 10.6. The van der Waals surface area contributed by atoms with Gasteiger partial charge in [-0.1, -0.05) is 37.1 Å². The number of hydrogen-bond acceptors (Lipinski definition) is 3. The normalized spacial score (nSPS) is 10.3. The summed E-state index contributed by atoms with van der Waals surface area (Å²) in [6.45, 7) is 3.83. The number of amides is 2. The van der Waals surface area contributed by atoms with Crippen LogP contribution < -0.4 is 15.5 Å². The third-order valence-corrected chi connectivity index (χ3v) is 4.56. The van der Waals surface area contributed by atoms with Crippen molar-refractivity contribution in [1.82, 2.24) is 10.6 Å². The molecular formula is C21H26ClN3O2. The molecule has 0 aliphatic heterocycles. The van der Waals surface area contributed by atoms with Crippen LogP contribution in [-0.4, -0.2) is 38.5 Å². The molecule has 0 heterocycles. The number of anilines is 1. The van der Waals surface area contributed by atoms with Gasteiger partial charge in [0.05, 0.1) is 10.6 Å². The number of hydrogen-bond donors (Lipinski definition) is 2. The average Bonchev–Trinajstić information content (AvgIpc) is 2.69. The number of carbonyl (C=O) groups excluding carboxylic acids is 2. The van der Waals surface area contributed by atoms with E-state index in [4.69, 9.17) is 11.6 Å². The molecule has 0 radical (unpaired) electrons. The van der Waals surface area contributed by atoms with Crippen molar-refractivity contribution in [2.45, 2.75) is 19.8 Å². The van der Waals surface area contributed by atoms with Crippen molar-refractivity contribution < 1.29 is 9.59 Å². The van der Waals surface area contributed by atoms with E-state index in [1.54, 1.807) is 24.3 Å². The molecule has 2 rings (SSSR count). The van der Waals surface area contributed by atoms with Crippen LogP contribution in [0.3, 0.4) is 0 Å². The lowest BCUT2D eigenvalue weighted by Crippen LogP contribution is -2.34. The topological polar surface area (TPSA) is 61.4 Å². The van der Waals surface area contributed by atoms with Gasteiger partial charge in [-0.15, -0.1) is 0 Å². The van der Waals surface area contributed by atoms with Gasteiger partial charge in [0.25, 0.3) is 11.8 Å². The molecule has 0 spiro atoms. The lowest BCUT2D eigenvalue weighted by molar-refractivity contribution is 0.0927. The summed E-state index contributed by atoms with van der Waals surface area (Å²) in [5.74, 6) is -0.418. The highest BCUT2D eigenvalue weighted by Crippen LogP contribution is 2.15. The van der Waals surface area contributed by atoms with Gasteiger partial charge in [-0.2, -0.15) is 0 Å². The molecule has 6 heteroatoms. The van der Waals surface area contributed by atoms with Gasteiger partial charge < -0.3 is 15.5 Å². The minimum Gasteiger partial charge on any atom is -0.375 e. The number of benzene rings is 2. The van der Waals surface area contributed by atoms with Crippen molar-refractivity contribution in [1.29, 1.82) is 0 Å². The van der Waals surface area contributed by atoms with Crippen LogP contribution in [0, 0.1) is 0 Å². The van der Waals surface area contributed by atoms with Gasteiger partial charge in [0.1, 0.15) is 0 Å². The molecule has 0 bridgehead atoms. The zero-order valence-corrected chi connectivity index (χ0v) is 16.6. The molecule has 0 atom stereocenters. The number of unbranched alkanes of at least 4 members (excludes halogenated alkanes) is 1. The van der Waals surface area contributed by atoms with Crippen LogP contribution in [0.15, 0.2) is 48.5 Å². The van der Waals surface area contributed by atoms with Crippen LogP contribution >= 0.6 is 11.6 Å². The zero-order chi connectivity index (χ0) is 19.6. The standard InChI is InChI=1S/C21H26ClN3O2/c1-3-4-15-25(2)17-11-9-16(10-12-17)20(26)23-13-14-24-21(27)18-7-5-6-8-19(18)22/h5-12H,3-4,13-15H2,1-2H3,(H,23,26)(H,24,27). The van der Waals surface area contributed by atoms with Gasteiger partial charge in [0.2, 0.25) is 0 Å². The largest absolute Gasteiger partial charge is 0.375 e. The van der Waals surface area contributed by atoms with Gasteiger partial charge in [0, 0.05) is 37.9 Å². The third kappa shape index (κ3) is 6.29. The van der Waals surface area contributed by atoms with Crippen LogP contribution in [0.4, 0.5) is 5.69 Å². The first kappa shape index (κ1) is 20.8. The molecule has 2 N–H and O–H groups in total. The summed E-state index contributed by atoms with van der Waals surface area (Å²) < 4.78 is 0. The molecule has 0 fully saturated rings. The maximum absolute atomic E-state index is 12.2. The average molecular weight is 388 g/mol. The van der Waals surface area contributed by atoms with E-state index in [2.05, 4.69) is 22.5 Å². The van der Waals surface area contributed by atoms with Crippen LogP contribution in [0.2, 0.25) is 5.02 Å². The molecule has 27 heavy (non-hydrogen) atoms. The fourth-order valence-electron chi connectivity index (χ4n) is 2.59. The van der Waals surface area contributed by atoms with Crippen molar-refractivity contribution in [3.8, 4) is 0 Å². The van der Waals surface area contributed by atoms with Crippen molar-refractivity contribution >= 4 is 29.1 Å². The van der Waals surface area contributed by atoms with Crippen molar-refractivity contribution in [2.75, 3.05) is 31.6 Å². The highest BCUT2D eigenvalue weighted by Gasteiger charge is 2.09. The van der Waals surface area contributed by atoms with E-state index >= 15 is 0 Å². The predicted octanol–water partition coefficient (Wildman–Crippen LogP) is 3.74. The molecule has 0 aliphatic rings. The van der Waals surface area contributed by atoms with Crippen LogP contribution in [0.1, 0.15) is 40.5 Å². The minimum absolute atomic E-state index is 0.162. The summed E-state index contributed by atoms with van der Waals surface area (Å²) in [6.07, 6.45) is 2.29. The van der Waals surface area contributed by atoms with E-state index in [1.165, 1.54) is 0 Å². The van der Waals surface area contributed by atoms with E-state index in [1.807, 2.05) is 31.3 Å². The quantitative estimate of drug-likeness (QED) is 0.644. The molecule has 2 aromatic carbocycles. The monoisotopic (exact) mass is 387 g/mol. The number of halogens is 1. The second-order valence-corrected chi connectivity index (χ2v) is 6.72. The van der Waals surface area contributed by atoms with Crippen molar-refractivity contribution in [3.05, 3.63) is 64.7 Å². The Bertz CT molecular complexity index is 762. The zero-order valence-electron chi connectivity index (χ0n) is 15.8. The summed E-state index contributed by atoms with van der Waals surface area (Å²) in [5, 5.41) is 5.95. The van der Waals surface area contributed by atoms with Gasteiger partial charge in [-0.05, 0) is 42.8 Å². The Labute approximate surface area is 165 Å². The Balaban J connectivity index is 1.77. The highest BCUT2D eigenvalue weighted by molar-refractivity contribution is 6.33. The summed E-state index contributed by atoms with van der Waals surface area (Å²) in [5.41, 5.74) is 2.11. The molecule has 0 saturated heterocycles. The molecule has 2 aromatic rings. The first-order chi connectivity index (χ1) is 13.0. The van der Waals surface area contributed by atoms with Crippen LogP contribution in [-0.2, 0) is 0 Å². The van der Waals surface area contributed by atoms with Gasteiger partial charge in [0.15, 0.2) is 0 Å². The Kier molecular flexibility index (Phi) is 8.14. The summed E-state index contributed by atoms with van der Waals surface area (Å²) in [4.78, 5) is 26.4. The Morgan fingerprint density at radius 3 is 2.22 bits per heavy atom. The van der Waals surface area contributed by atoms with Crippen LogP contribution in [0.25, 0.3) is 0 Å².